The molecule has 0 unspecified atom stereocenters. The van der Waals surface area contributed by atoms with Gasteiger partial charge in [0.2, 0.25) is 10.0 Å². The molecule has 1 rings (SSSR count). The molecule has 116 valence electrons. The van der Waals surface area contributed by atoms with Crippen molar-refractivity contribution in [1.29, 1.82) is 0 Å². The van der Waals surface area contributed by atoms with Crippen molar-refractivity contribution < 1.29 is 23.0 Å². The molecule has 0 atom stereocenters. The largest absolute Gasteiger partial charge is 0.495 e. The summed E-state index contributed by atoms with van der Waals surface area (Å²) >= 11 is 0. The Balaban J connectivity index is 2.96. The van der Waals surface area contributed by atoms with Gasteiger partial charge in [0.1, 0.15) is 12.4 Å². The quantitative estimate of drug-likeness (QED) is 0.561. The number of hydrogen-bond acceptors (Lipinski definition) is 5. The van der Waals surface area contributed by atoms with Gasteiger partial charge < -0.3 is 14.6 Å². The van der Waals surface area contributed by atoms with E-state index in [0.29, 0.717) is 24.5 Å². The highest BCUT2D eigenvalue weighted by Gasteiger charge is 2.15. The number of sulfonamides is 1. The van der Waals surface area contributed by atoms with E-state index in [9.17, 15) is 8.42 Å². The molecule has 0 saturated heterocycles. The summed E-state index contributed by atoms with van der Waals surface area (Å²) in [6.07, 6.45) is 0. The zero-order valence-corrected chi connectivity index (χ0v) is 12.9. The van der Waals surface area contributed by atoms with Crippen LogP contribution in [0.25, 0.3) is 0 Å². The number of aliphatic hydroxyl groups is 1. The molecule has 0 heterocycles. The number of hydrogen-bond donors (Lipinski definition) is 2. The molecule has 0 spiro atoms. The molecule has 6 nitrogen and oxygen atoms in total. The van der Waals surface area contributed by atoms with Gasteiger partial charge in [0.05, 0.1) is 24.2 Å². The van der Waals surface area contributed by atoms with E-state index in [4.69, 9.17) is 14.6 Å². The molecule has 0 aliphatic carbocycles. The first kappa shape index (κ1) is 17.5. The van der Waals surface area contributed by atoms with Crippen LogP contribution in [0.1, 0.15) is 12.5 Å². The van der Waals surface area contributed by atoms with Crippen LogP contribution in [0.2, 0.25) is 0 Å². The lowest BCUT2D eigenvalue weighted by atomic mass is 10.2. The smallest absolute Gasteiger partial charge is 0.240 e. The molecule has 0 aromatic heterocycles. The summed E-state index contributed by atoms with van der Waals surface area (Å²) in [4.78, 5) is 0.0852. The average Bonchev–Trinajstić information content (AvgIpc) is 2.49. The summed E-state index contributed by atoms with van der Waals surface area (Å²) in [7, 11) is -2.16. The normalized spacial score (nSPS) is 10.8. The van der Waals surface area contributed by atoms with Crippen LogP contribution in [-0.4, -0.2) is 47.0 Å². The number of benzene rings is 1. The first-order chi connectivity index (χ1) is 10.0. The van der Waals surface area contributed by atoms with Crippen LogP contribution in [0.15, 0.2) is 23.1 Å². The summed E-state index contributed by atoms with van der Waals surface area (Å²) in [6.45, 7) is 2.56. The molecule has 0 saturated carbocycles. The second-order valence-electron chi connectivity index (χ2n) is 3.92. The number of aliphatic hydroxyl groups excluding tert-OH is 1. The number of methoxy groups -OCH3 is 1. The van der Waals surface area contributed by atoms with Gasteiger partial charge >= 0.3 is 0 Å². The zero-order chi connectivity index (χ0) is 15.7. The van der Waals surface area contributed by atoms with Crippen molar-refractivity contribution in [1.82, 2.24) is 4.72 Å². The first-order valence-corrected chi connectivity index (χ1v) is 7.88. The summed E-state index contributed by atoms with van der Waals surface area (Å²) in [5.41, 5.74) is 0.402. The van der Waals surface area contributed by atoms with E-state index in [-0.39, 0.29) is 18.0 Å². The van der Waals surface area contributed by atoms with Crippen molar-refractivity contribution in [2.24, 2.45) is 0 Å². The molecular weight excluding hydrogens is 294 g/mol. The third kappa shape index (κ3) is 5.36. The SMILES string of the molecule is CCOCCNS(=O)(=O)c1ccc(OC)c(C#CCO)c1. The minimum absolute atomic E-state index is 0.0852. The highest BCUT2D eigenvalue weighted by atomic mass is 32.2. The van der Waals surface area contributed by atoms with Crippen LogP contribution in [-0.2, 0) is 14.8 Å². The number of rotatable bonds is 7. The molecule has 0 aliphatic rings. The van der Waals surface area contributed by atoms with Gasteiger partial charge in [0.15, 0.2) is 0 Å². The molecule has 1 aromatic rings. The summed E-state index contributed by atoms with van der Waals surface area (Å²) in [6, 6.07) is 4.37. The molecule has 2 N–H and O–H groups in total. The Morgan fingerprint density at radius 1 is 1.38 bits per heavy atom. The standard InChI is InChI=1S/C14H19NO5S/c1-3-20-10-8-15-21(17,18)13-6-7-14(19-2)12(11-13)5-4-9-16/h6-7,11,15-16H,3,8-10H2,1-2H3. The van der Waals surface area contributed by atoms with E-state index in [1.165, 1.54) is 25.3 Å². The van der Waals surface area contributed by atoms with Crippen molar-refractivity contribution in [3.05, 3.63) is 23.8 Å². The highest BCUT2D eigenvalue weighted by Crippen LogP contribution is 2.21. The maximum atomic E-state index is 12.1. The highest BCUT2D eigenvalue weighted by molar-refractivity contribution is 7.89. The van der Waals surface area contributed by atoms with E-state index in [1.807, 2.05) is 6.92 Å². The fraction of sp³-hybridized carbons (Fsp3) is 0.429. The lowest BCUT2D eigenvalue weighted by molar-refractivity contribution is 0.153. The third-order valence-corrected chi connectivity index (χ3v) is 3.98. The second-order valence-corrected chi connectivity index (χ2v) is 5.68. The van der Waals surface area contributed by atoms with Crippen LogP contribution >= 0.6 is 0 Å². The molecule has 0 aliphatic heterocycles. The van der Waals surface area contributed by atoms with Gasteiger partial charge in [-0.15, -0.1) is 0 Å². The molecule has 7 heteroatoms. The van der Waals surface area contributed by atoms with Crippen molar-refractivity contribution in [3.8, 4) is 17.6 Å². The molecule has 0 bridgehead atoms. The monoisotopic (exact) mass is 313 g/mol. The van der Waals surface area contributed by atoms with Crippen molar-refractivity contribution in [3.63, 3.8) is 0 Å². The first-order valence-electron chi connectivity index (χ1n) is 6.40. The number of ether oxygens (including phenoxy) is 2. The van der Waals surface area contributed by atoms with E-state index in [1.54, 1.807) is 0 Å². The Bertz CT molecular complexity index is 616. The Morgan fingerprint density at radius 2 is 2.14 bits per heavy atom. The van der Waals surface area contributed by atoms with Crippen molar-refractivity contribution >= 4 is 10.0 Å². The molecule has 0 fully saturated rings. The Labute approximate surface area is 125 Å². The van der Waals surface area contributed by atoms with E-state index in [0.717, 1.165) is 0 Å². The van der Waals surface area contributed by atoms with Gasteiger partial charge in [0, 0.05) is 13.2 Å². The van der Waals surface area contributed by atoms with Crippen LogP contribution in [0, 0.1) is 11.8 Å². The van der Waals surface area contributed by atoms with Crippen LogP contribution in [0.3, 0.4) is 0 Å². The third-order valence-electron chi connectivity index (χ3n) is 2.53. The molecular formula is C14H19NO5S. The van der Waals surface area contributed by atoms with E-state index >= 15 is 0 Å². The molecule has 21 heavy (non-hydrogen) atoms. The van der Waals surface area contributed by atoms with Crippen molar-refractivity contribution in [2.75, 3.05) is 33.5 Å². The lowest BCUT2D eigenvalue weighted by Crippen LogP contribution is -2.27. The Hall–Kier alpha value is -1.59. The fourth-order valence-corrected chi connectivity index (χ4v) is 2.60. The Kier molecular flexibility index (Phi) is 7.19. The van der Waals surface area contributed by atoms with Gasteiger partial charge in [-0.1, -0.05) is 11.8 Å². The molecule has 1 aromatic carbocycles. The predicted molar refractivity (Wildman–Crippen MR) is 78.6 cm³/mol. The minimum atomic E-state index is -3.63. The summed E-state index contributed by atoms with van der Waals surface area (Å²) in [5.74, 6) is 5.58. The zero-order valence-electron chi connectivity index (χ0n) is 12.0. The van der Waals surface area contributed by atoms with Crippen LogP contribution in [0.4, 0.5) is 0 Å². The second kappa shape index (κ2) is 8.64. The summed E-state index contributed by atoms with van der Waals surface area (Å²) < 4.78 is 36.9. The Morgan fingerprint density at radius 3 is 2.76 bits per heavy atom. The topological polar surface area (TPSA) is 84.9 Å². The molecule has 0 radical (unpaired) electrons. The predicted octanol–water partition coefficient (Wildman–Crippen LogP) is 0.354. The molecule has 0 amide bonds. The van der Waals surface area contributed by atoms with Gasteiger partial charge in [-0.2, -0.15) is 0 Å². The van der Waals surface area contributed by atoms with Gasteiger partial charge in [0.25, 0.3) is 0 Å². The fourth-order valence-electron chi connectivity index (χ4n) is 1.56. The van der Waals surface area contributed by atoms with Gasteiger partial charge in [-0.05, 0) is 25.1 Å². The lowest BCUT2D eigenvalue weighted by Gasteiger charge is -2.09. The maximum Gasteiger partial charge on any atom is 0.240 e. The van der Waals surface area contributed by atoms with Crippen molar-refractivity contribution in [2.45, 2.75) is 11.8 Å². The summed E-state index contributed by atoms with van der Waals surface area (Å²) in [5, 5.41) is 8.73. The van der Waals surface area contributed by atoms with E-state index < -0.39 is 10.0 Å². The minimum Gasteiger partial charge on any atom is -0.495 e. The maximum absolute atomic E-state index is 12.1. The van der Waals surface area contributed by atoms with Gasteiger partial charge in [-0.25, -0.2) is 13.1 Å². The van der Waals surface area contributed by atoms with Gasteiger partial charge in [-0.3, -0.25) is 0 Å². The van der Waals surface area contributed by atoms with Crippen LogP contribution in [0.5, 0.6) is 5.75 Å². The van der Waals surface area contributed by atoms with Crippen LogP contribution < -0.4 is 9.46 Å². The number of nitrogens with one attached hydrogen (secondary N) is 1. The van der Waals surface area contributed by atoms with E-state index in [2.05, 4.69) is 16.6 Å². The average molecular weight is 313 g/mol.